The van der Waals surface area contributed by atoms with Gasteiger partial charge in [0.1, 0.15) is 36.2 Å². The van der Waals surface area contributed by atoms with Crippen molar-refractivity contribution in [1.82, 2.24) is 0 Å². The van der Waals surface area contributed by atoms with Crippen LogP contribution in [0.5, 0.6) is 23.0 Å². The van der Waals surface area contributed by atoms with E-state index in [1.807, 2.05) is 152 Å². The van der Waals surface area contributed by atoms with Gasteiger partial charge >= 0.3 is 11.9 Å². The third kappa shape index (κ3) is 32.3. The summed E-state index contributed by atoms with van der Waals surface area (Å²) in [6, 6.07) is 51.0. The van der Waals surface area contributed by atoms with Crippen LogP contribution in [0.1, 0.15) is 238 Å². The zero-order valence-electron chi connectivity index (χ0n) is 56.2. The Labute approximate surface area is 526 Å². The van der Waals surface area contributed by atoms with E-state index in [1.165, 1.54) is 60.8 Å². The number of phenols is 2. The van der Waals surface area contributed by atoms with E-state index in [-0.39, 0.29) is 35.9 Å². The Kier molecular flexibility index (Phi) is 38.6. The molecule has 7 rings (SSSR count). The third-order valence-electron chi connectivity index (χ3n) is 16.1. The maximum atomic E-state index is 11.6. The molecule has 0 bridgehead atoms. The van der Waals surface area contributed by atoms with Crippen molar-refractivity contribution in [1.29, 1.82) is 0 Å². The second-order valence-corrected chi connectivity index (χ2v) is 23.5. The Hall–Kier alpha value is -6.62. The van der Waals surface area contributed by atoms with Crippen LogP contribution in [-0.4, -0.2) is 47.4 Å². The number of hydrogen-bond acceptors (Lipinski definition) is 10. The zero-order valence-corrected chi connectivity index (χ0v) is 56.2. The first-order valence-corrected chi connectivity index (χ1v) is 32.4. The molecule has 2 N–H and O–H groups in total. The molecule has 87 heavy (non-hydrogen) atoms. The minimum atomic E-state index is -0.380. The molecule has 0 aromatic heterocycles. The summed E-state index contributed by atoms with van der Waals surface area (Å²) in [5, 5.41) is 18.0. The van der Waals surface area contributed by atoms with E-state index in [0.29, 0.717) is 61.1 Å². The molecule has 7 unspecified atom stereocenters. The minimum absolute atomic E-state index is 0.00119. The molecule has 1 aliphatic carbocycles. The molecule has 0 amide bonds. The molecule has 10 nitrogen and oxygen atoms in total. The van der Waals surface area contributed by atoms with Crippen LogP contribution < -0.4 is 9.47 Å². The normalized spacial score (nSPS) is 14.3. The highest BCUT2D eigenvalue weighted by molar-refractivity contribution is 5.75. The molecular weight excluding hydrogens is 1080 g/mol. The molecule has 6 aromatic carbocycles. The Balaban J connectivity index is 0.000000360. The summed E-state index contributed by atoms with van der Waals surface area (Å²) in [5.74, 6) is 4.62. The topological polar surface area (TPSA) is 130 Å². The van der Waals surface area contributed by atoms with Crippen LogP contribution in [0.4, 0.5) is 0 Å². The SMILES string of the molecule is CCC(C)(C)C(=O)OCc1ccccc1.CCC(C)C(=O)OCc1ccccc1.CCC(C)c1ccc(O)cc1.CCC(C)c1ccc(O)cc1.CCC(C)c1ccc(OC(C)OC2CCCCC2)cc1.CCOC(C)Oc1ccc(C(C)CC)cc1. The third-order valence-corrected chi connectivity index (χ3v) is 16.1. The van der Waals surface area contributed by atoms with Crippen molar-refractivity contribution < 1.29 is 48.2 Å². The van der Waals surface area contributed by atoms with Crippen molar-refractivity contribution in [2.45, 2.75) is 237 Å². The number of carbonyl (C=O) groups is 2. The van der Waals surface area contributed by atoms with Gasteiger partial charge in [0.15, 0.2) is 12.6 Å². The van der Waals surface area contributed by atoms with Crippen LogP contribution in [-0.2, 0) is 41.8 Å². The molecule has 0 radical (unpaired) electrons. The minimum Gasteiger partial charge on any atom is -0.508 e. The molecule has 480 valence electrons. The number of phenolic OH excluding ortho intramolecular Hbond substituents is 2. The summed E-state index contributed by atoms with van der Waals surface area (Å²) in [6.07, 6.45) is 12.6. The number of aromatic hydroxyl groups is 2. The molecule has 1 saturated carbocycles. The van der Waals surface area contributed by atoms with Gasteiger partial charge in [-0.25, -0.2) is 0 Å². The lowest BCUT2D eigenvalue weighted by Crippen LogP contribution is -2.26. The number of carbonyl (C=O) groups excluding carboxylic acids is 2. The van der Waals surface area contributed by atoms with Crippen LogP contribution in [0, 0.1) is 11.3 Å². The summed E-state index contributed by atoms with van der Waals surface area (Å²) in [5.41, 5.74) is 7.01. The number of ether oxygens (including phenoxy) is 6. The molecule has 0 heterocycles. The highest BCUT2D eigenvalue weighted by atomic mass is 16.7. The second-order valence-electron chi connectivity index (χ2n) is 23.5. The molecule has 7 atom stereocenters. The maximum absolute atomic E-state index is 11.6. The quantitative estimate of drug-likeness (QED) is 0.0446. The first-order chi connectivity index (χ1) is 41.6. The molecular formula is C77H112O10. The summed E-state index contributed by atoms with van der Waals surface area (Å²) >= 11 is 0. The van der Waals surface area contributed by atoms with E-state index >= 15 is 0 Å². The lowest BCUT2D eigenvalue weighted by molar-refractivity contribution is -0.155. The molecule has 0 spiro atoms. The van der Waals surface area contributed by atoms with E-state index in [1.54, 1.807) is 24.3 Å². The molecule has 0 aliphatic heterocycles. The van der Waals surface area contributed by atoms with Gasteiger partial charge in [-0.2, -0.15) is 0 Å². The van der Waals surface area contributed by atoms with Gasteiger partial charge in [0.05, 0.1) is 17.4 Å². The van der Waals surface area contributed by atoms with Gasteiger partial charge in [-0.1, -0.05) is 205 Å². The summed E-state index contributed by atoms with van der Waals surface area (Å²) < 4.78 is 33.1. The van der Waals surface area contributed by atoms with Gasteiger partial charge in [-0.3, -0.25) is 9.59 Å². The summed E-state index contributed by atoms with van der Waals surface area (Å²) in [4.78, 5) is 23.0. The zero-order chi connectivity index (χ0) is 64.6. The summed E-state index contributed by atoms with van der Waals surface area (Å²) in [7, 11) is 0. The average molecular weight is 1200 g/mol. The predicted octanol–water partition coefficient (Wildman–Crippen LogP) is 21.0. The summed E-state index contributed by atoms with van der Waals surface area (Å²) in [6.45, 7) is 34.6. The van der Waals surface area contributed by atoms with E-state index < -0.39 is 0 Å². The monoisotopic (exact) mass is 1200 g/mol. The van der Waals surface area contributed by atoms with Crippen LogP contribution in [0.3, 0.4) is 0 Å². The Morgan fingerprint density at radius 1 is 0.460 bits per heavy atom. The van der Waals surface area contributed by atoms with Crippen molar-refractivity contribution in [3.05, 3.63) is 191 Å². The van der Waals surface area contributed by atoms with Crippen LogP contribution >= 0.6 is 0 Å². The number of hydrogen-bond donors (Lipinski definition) is 2. The Morgan fingerprint density at radius 2 is 0.816 bits per heavy atom. The van der Waals surface area contributed by atoms with Gasteiger partial charge in [0, 0.05) is 6.61 Å². The average Bonchev–Trinajstić information content (AvgIpc) is 3.75. The number of rotatable bonds is 24. The second kappa shape index (κ2) is 43.9. The highest BCUT2D eigenvalue weighted by Gasteiger charge is 2.27. The number of esters is 2. The van der Waals surface area contributed by atoms with Crippen molar-refractivity contribution in [2.75, 3.05) is 6.61 Å². The maximum Gasteiger partial charge on any atom is 0.311 e. The van der Waals surface area contributed by atoms with Crippen molar-refractivity contribution in [3.8, 4) is 23.0 Å². The highest BCUT2D eigenvalue weighted by Crippen LogP contribution is 2.27. The molecule has 10 heteroatoms. The van der Waals surface area contributed by atoms with Gasteiger partial charge in [-0.15, -0.1) is 0 Å². The van der Waals surface area contributed by atoms with Crippen molar-refractivity contribution >= 4 is 11.9 Å². The lowest BCUT2D eigenvalue weighted by atomic mass is 9.91. The molecule has 0 saturated heterocycles. The smallest absolute Gasteiger partial charge is 0.311 e. The molecule has 6 aromatic rings. The van der Waals surface area contributed by atoms with Crippen molar-refractivity contribution in [3.63, 3.8) is 0 Å². The predicted molar refractivity (Wildman–Crippen MR) is 360 cm³/mol. The van der Waals surface area contributed by atoms with Gasteiger partial charge < -0.3 is 38.6 Å². The first kappa shape index (κ1) is 76.5. The van der Waals surface area contributed by atoms with E-state index in [2.05, 4.69) is 91.8 Å². The van der Waals surface area contributed by atoms with Crippen LogP contribution in [0.2, 0.25) is 0 Å². The first-order valence-electron chi connectivity index (χ1n) is 32.4. The van der Waals surface area contributed by atoms with Gasteiger partial charge in [0.2, 0.25) is 0 Å². The molecule has 1 aliphatic rings. The Morgan fingerprint density at radius 3 is 1.16 bits per heavy atom. The fourth-order valence-electron chi connectivity index (χ4n) is 8.55. The van der Waals surface area contributed by atoms with Gasteiger partial charge in [0.25, 0.3) is 0 Å². The van der Waals surface area contributed by atoms with Crippen molar-refractivity contribution in [2.24, 2.45) is 11.3 Å². The van der Waals surface area contributed by atoms with Gasteiger partial charge in [-0.05, 0) is 192 Å². The van der Waals surface area contributed by atoms with E-state index in [4.69, 9.17) is 38.6 Å². The van der Waals surface area contributed by atoms with E-state index in [9.17, 15) is 9.59 Å². The standard InChI is InChI=1S/C18H28O2.C14H22O2.C13H18O2.C12H16O2.2C10H14O/c1-4-14(2)16-10-12-18(13-11-16)20-15(3)19-17-8-6-5-7-9-17;1-5-11(3)13-7-9-14(10-8-13)16-12(4)15-6-2;1-4-13(2,3)12(14)15-10-11-8-6-5-7-9-11;1-3-10(2)12(13)14-9-11-7-5-4-6-8-11;2*1-3-8(2)9-4-6-10(11)7-5-9/h10-15,17H,4-9H2,1-3H3;7-12H,5-6H2,1-4H3;5-9H,4,10H2,1-3H3;4-8,10H,3,9H2,1-2H3;2*4-8,11H,3H2,1-2H3. The fourth-order valence-corrected chi connectivity index (χ4v) is 8.55. The molecule has 1 fully saturated rings. The van der Waals surface area contributed by atoms with Crippen LogP contribution in [0.15, 0.2) is 158 Å². The largest absolute Gasteiger partial charge is 0.508 e. The fraction of sp³-hybridized carbons (Fsp3) is 0.506. The van der Waals surface area contributed by atoms with Crippen LogP contribution in [0.25, 0.3) is 0 Å². The number of benzene rings is 6. The van der Waals surface area contributed by atoms with E-state index in [0.717, 1.165) is 54.7 Å². The lowest BCUT2D eigenvalue weighted by Gasteiger charge is -2.26. The Bertz CT molecular complexity index is 2600.